The number of fused-ring (bicyclic) bond motifs is 1. The molecule has 2 heterocycles. The van der Waals surface area contributed by atoms with Crippen LogP contribution in [-0.2, 0) is 5.88 Å². The van der Waals surface area contributed by atoms with E-state index in [1.807, 2.05) is 12.1 Å². The van der Waals surface area contributed by atoms with Gasteiger partial charge in [0.2, 0.25) is 5.88 Å². The van der Waals surface area contributed by atoms with Crippen molar-refractivity contribution in [2.24, 2.45) is 0 Å². The predicted molar refractivity (Wildman–Crippen MR) is 85.0 cm³/mol. The first-order valence-corrected chi connectivity index (χ1v) is 8.34. The van der Waals surface area contributed by atoms with E-state index in [-0.39, 0.29) is 0 Å². The van der Waals surface area contributed by atoms with Crippen LogP contribution in [0, 0.1) is 0 Å². The van der Waals surface area contributed by atoms with Crippen molar-refractivity contribution >= 4 is 22.8 Å². The van der Waals surface area contributed by atoms with Gasteiger partial charge in [-0.2, -0.15) is 4.98 Å². The Morgan fingerprint density at radius 3 is 2.52 bits per heavy atom. The number of alkyl halides is 1. The first kappa shape index (κ1) is 14.6. The Kier molecular flexibility index (Phi) is 4.63. The van der Waals surface area contributed by atoms with Gasteiger partial charge in [-0.3, -0.25) is 0 Å². The molecule has 0 aromatic carbocycles. The van der Waals surface area contributed by atoms with Crippen LogP contribution in [0.25, 0.3) is 11.2 Å². The molecule has 0 aliphatic heterocycles. The number of pyridine rings is 1. The Hall–Kier alpha value is -1.29. The first-order valence-electron chi connectivity index (χ1n) is 7.81. The zero-order valence-corrected chi connectivity index (χ0v) is 13.3. The van der Waals surface area contributed by atoms with Crippen molar-refractivity contribution < 1.29 is 4.74 Å². The molecule has 114 valence electrons. The van der Waals surface area contributed by atoms with Crippen LogP contribution in [0.1, 0.15) is 56.8 Å². The molecule has 0 spiro atoms. The van der Waals surface area contributed by atoms with Crippen molar-refractivity contribution in [2.75, 3.05) is 7.11 Å². The zero-order chi connectivity index (χ0) is 14.7. The maximum Gasteiger partial charge on any atom is 0.215 e. The number of hydrogen-bond acceptors (Lipinski definition) is 3. The van der Waals surface area contributed by atoms with Gasteiger partial charge in [-0.1, -0.05) is 32.1 Å². The molecule has 4 nitrogen and oxygen atoms in total. The van der Waals surface area contributed by atoms with Crippen molar-refractivity contribution in [2.45, 2.75) is 56.9 Å². The number of imidazole rings is 1. The van der Waals surface area contributed by atoms with Crippen LogP contribution in [0.3, 0.4) is 0 Å². The van der Waals surface area contributed by atoms with Gasteiger partial charge in [0.1, 0.15) is 11.3 Å². The average molecular weight is 308 g/mol. The second-order valence-corrected chi connectivity index (χ2v) is 5.99. The molecule has 0 unspecified atom stereocenters. The topological polar surface area (TPSA) is 39.9 Å². The van der Waals surface area contributed by atoms with E-state index in [0.29, 0.717) is 17.8 Å². The Bertz CT molecular complexity index is 603. The molecule has 1 fully saturated rings. The fourth-order valence-electron chi connectivity index (χ4n) is 3.29. The number of rotatable bonds is 3. The lowest BCUT2D eigenvalue weighted by Crippen LogP contribution is -2.14. The van der Waals surface area contributed by atoms with E-state index in [2.05, 4.69) is 14.5 Å². The number of halogens is 1. The van der Waals surface area contributed by atoms with E-state index in [4.69, 9.17) is 16.3 Å². The fraction of sp³-hybridized carbons (Fsp3) is 0.625. The van der Waals surface area contributed by atoms with Gasteiger partial charge in [0.05, 0.1) is 13.0 Å². The summed E-state index contributed by atoms with van der Waals surface area (Å²) >= 11 is 6.13. The number of aromatic nitrogens is 3. The van der Waals surface area contributed by atoms with Crippen molar-refractivity contribution in [1.29, 1.82) is 0 Å². The molecule has 0 bridgehead atoms. The standard InChI is InChI=1S/C16H22ClN3O/c1-21-15-10-9-13-16(19-15)20(14(11-17)18-13)12-7-5-3-2-4-6-8-12/h9-10,12H,2-8,11H2,1H3. The molecule has 2 aromatic rings. The normalized spacial score (nSPS) is 17.6. The van der Waals surface area contributed by atoms with E-state index < -0.39 is 0 Å². The van der Waals surface area contributed by atoms with Crippen LogP contribution in [-0.4, -0.2) is 21.6 Å². The third kappa shape index (κ3) is 3.00. The number of nitrogens with zero attached hydrogens (tertiary/aromatic N) is 3. The SMILES string of the molecule is COc1ccc2nc(CCl)n(C3CCCCCCC3)c2n1. The minimum absolute atomic E-state index is 0.426. The zero-order valence-electron chi connectivity index (χ0n) is 12.5. The second-order valence-electron chi connectivity index (χ2n) is 5.73. The van der Waals surface area contributed by atoms with E-state index in [1.54, 1.807) is 7.11 Å². The Balaban J connectivity index is 2.04. The highest BCUT2D eigenvalue weighted by Crippen LogP contribution is 2.31. The quantitative estimate of drug-likeness (QED) is 0.786. The molecule has 1 saturated carbocycles. The average Bonchev–Trinajstić information content (AvgIpc) is 2.84. The summed E-state index contributed by atoms with van der Waals surface area (Å²) < 4.78 is 7.53. The van der Waals surface area contributed by atoms with Gasteiger partial charge in [0.15, 0.2) is 5.65 Å². The van der Waals surface area contributed by atoms with Crippen molar-refractivity contribution in [3.05, 3.63) is 18.0 Å². The summed E-state index contributed by atoms with van der Waals surface area (Å²) in [6.07, 6.45) is 8.95. The number of methoxy groups -OCH3 is 1. The summed E-state index contributed by atoms with van der Waals surface area (Å²) in [6.45, 7) is 0. The van der Waals surface area contributed by atoms with Gasteiger partial charge in [-0.05, 0) is 18.9 Å². The maximum atomic E-state index is 6.13. The van der Waals surface area contributed by atoms with Gasteiger partial charge >= 0.3 is 0 Å². The lowest BCUT2D eigenvalue weighted by atomic mass is 9.96. The van der Waals surface area contributed by atoms with Gasteiger partial charge in [0.25, 0.3) is 0 Å². The molecular formula is C16H22ClN3O. The Morgan fingerprint density at radius 1 is 1.14 bits per heavy atom. The van der Waals surface area contributed by atoms with Crippen LogP contribution in [0.15, 0.2) is 12.1 Å². The van der Waals surface area contributed by atoms with Crippen LogP contribution >= 0.6 is 11.6 Å². The maximum absolute atomic E-state index is 6.13. The second kappa shape index (κ2) is 6.65. The molecule has 3 rings (SSSR count). The van der Waals surface area contributed by atoms with Crippen molar-refractivity contribution in [1.82, 2.24) is 14.5 Å². The molecule has 5 heteroatoms. The molecule has 0 amide bonds. The largest absolute Gasteiger partial charge is 0.481 e. The predicted octanol–water partition coefficient (Wildman–Crippen LogP) is 4.46. The summed E-state index contributed by atoms with van der Waals surface area (Å²) in [6, 6.07) is 4.29. The summed E-state index contributed by atoms with van der Waals surface area (Å²) in [4.78, 5) is 9.26. The van der Waals surface area contributed by atoms with Gasteiger partial charge in [-0.25, -0.2) is 4.98 Å². The smallest absolute Gasteiger partial charge is 0.215 e. The summed E-state index contributed by atoms with van der Waals surface area (Å²) in [5, 5.41) is 0. The van der Waals surface area contributed by atoms with Crippen LogP contribution in [0.5, 0.6) is 5.88 Å². The summed E-state index contributed by atoms with van der Waals surface area (Å²) in [5.74, 6) is 1.99. The summed E-state index contributed by atoms with van der Waals surface area (Å²) in [5.41, 5.74) is 1.82. The minimum Gasteiger partial charge on any atom is -0.481 e. The lowest BCUT2D eigenvalue weighted by Gasteiger charge is -2.23. The lowest BCUT2D eigenvalue weighted by molar-refractivity contribution is 0.369. The van der Waals surface area contributed by atoms with Crippen molar-refractivity contribution in [3.8, 4) is 5.88 Å². The highest BCUT2D eigenvalue weighted by molar-refractivity contribution is 6.16. The molecule has 0 N–H and O–H groups in total. The molecule has 2 aromatic heterocycles. The molecule has 0 atom stereocenters. The minimum atomic E-state index is 0.426. The molecule has 0 radical (unpaired) electrons. The van der Waals surface area contributed by atoms with Gasteiger partial charge < -0.3 is 9.30 Å². The van der Waals surface area contributed by atoms with Crippen LogP contribution < -0.4 is 4.74 Å². The number of ether oxygens (including phenoxy) is 1. The molecule has 21 heavy (non-hydrogen) atoms. The Morgan fingerprint density at radius 2 is 1.86 bits per heavy atom. The fourth-order valence-corrected chi connectivity index (χ4v) is 3.48. The van der Waals surface area contributed by atoms with E-state index in [9.17, 15) is 0 Å². The van der Waals surface area contributed by atoms with Crippen LogP contribution in [0.4, 0.5) is 0 Å². The molecule has 0 saturated heterocycles. The number of hydrogen-bond donors (Lipinski definition) is 0. The monoisotopic (exact) mass is 307 g/mol. The highest BCUT2D eigenvalue weighted by atomic mass is 35.5. The summed E-state index contributed by atoms with van der Waals surface area (Å²) in [7, 11) is 1.65. The van der Waals surface area contributed by atoms with Gasteiger partial charge in [0, 0.05) is 12.1 Å². The first-order chi connectivity index (χ1) is 10.3. The molecule has 1 aliphatic rings. The highest BCUT2D eigenvalue weighted by Gasteiger charge is 2.21. The van der Waals surface area contributed by atoms with Gasteiger partial charge in [-0.15, -0.1) is 11.6 Å². The third-order valence-corrected chi connectivity index (χ3v) is 4.59. The molecule has 1 aliphatic carbocycles. The Labute approximate surface area is 130 Å². The third-order valence-electron chi connectivity index (χ3n) is 4.35. The van der Waals surface area contributed by atoms with Crippen LogP contribution in [0.2, 0.25) is 0 Å². The van der Waals surface area contributed by atoms with E-state index in [1.165, 1.54) is 44.9 Å². The van der Waals surface area contributed by atoms with Crippen molar-refractivity contribution in [3.63, 3.8) is 0 Å². The molecular weight excluding hydrogens is 286 g/mol. The van der Waals surface area contributed by atoms with E-state index >= 15 is 0 Å². The van der Waals surface area contributed by atoms with E-state index in [0.717, 1.165) is 17.0 Å².